The standard InChI is InChI=1S/C12H12N2O/c13-12(15)14-8-10-6-3-5-9-4-1-2-7-11(9)10/h1-7H,8H2,(H3,13,14,15). The van der Waals surface area contributed by atoms with Gasteiger partial charge in [0.25, 0.3) is 0 Å². The highest BCUT2D eigenvalue weighted by Crippen LogP contribution is 2.17. The lowest BCUT2D eigenvalue weighted by atomic mass is 10.0. The van der Waals surface area contributed by atoms with Gasteiger partial charge in [0.2, 0.25) is 0 Å². The maximum absolute atomic E-state index is 10.6. The van der Waals surface area contributed by atoms with Crippen LogP contribution in [0.15, 0.2) is 42.5 Å². The lowest BCUT2D eigenvalue weighted by Crippen LogP contribution is -2.28. The van der Waals surface area contributed by atoms with E-state index >= 15 is 0 Å². The molecule has 0 aliphatic heterocycles. The highest BCUT2D eigenvalue weighted by atomic mass is 16.2. The number of carbonyl (C=O) groups excluding carboxylic acids is 1. The SMILES string of the molecule is NC(=O)NCc1cccc2ccccc12. The summed E-state index contributed by atoms with van der Waals surface area (Å²) in [6.07, 6.45) is 0. The van der Waals surface area contributed by atoms with Gasteiger partial charge < -0.3 is 11.1 Å². The average Bonchev–Trinajstić information content (AvgIpc) is 2.26. The van der Waals surface area contributed by atoms with Gasteiger partial charge in [0.05, 0.1) is 0 Å². The first kappa shape index (κ1) is 9.52. The van der Waals surface area contributed by atoms with Gasteiger partial charge in [-0.1, -0.05) is 42.5 Å². The number of hydrogen-bond donors (Lipinski definition) is 2. The Bertz CT molecular complexity index is 488. The van der Waals surface area contributed by atoms with Crippen molar-refractivity contribution in [3.63, 3.8) is 0 Å². The van der Waals surface area contributed by atoms with Crippen molar-refractivity contribution in [2.75, 3.05) is 0 Å². The van der Waals surface area contributed by atoms with Crippen molar-refractivity contribution in [2.24, 2.45) is 5.73 Å². The zero-order valence-electron chi connectivity index (χ0n) is 8.23. The molecule has 0 heterocycles. The predicted molar refractivity (Wildman–Crippen MR) is 60.4 cm³/mol. The Hall–Kier alpha value is -2.03. The highest BCUT2D eigenvalue weighted by molar-refractivity contribution is 5.86. The minimum Gasteiger partial charge on any atom is -0.352 e. The number of fused-ring (bicyclic) bond motifs is 1. The van der Waals surface area contributed by atoms with Crippen molar-refractivity contribution >= 4 is 16.8 Å². The summed E-state index contributed by atoms with van der Waals surface area (Å²) in [5.74, 6) is 0. The van der Waals surface area contributed by atoms with Gasteiger partial charge in [0.15, 0.2) is 0 Å². The molecule has 0 fully saturated rings. The largest absolute Gasteiger partial charge is 0.352 e. The second-order valence-electron chi connectivity index (χ2n) is 3.36. The normalized spacial score (nSPS) is 10.1. The van der Waals surface area contributed by atoms with Crippen molar-refractivity contribution in [1.29, 1.82) is 0 Å². The molecule has 0 atom stereocenters. The zero-order chi connectivity index (χ0) is 10.7. The molecule has 0 saturated heterocycles. The molecule has 3 nitrogen and oxygen atoms in total. The molecule has 2 amide bonds. The lowest BCUT2D eigenvalue weighted by Gasteiger charge is -2.06. The third kappa shape index (κ3) is 2.07. The van der Waals surface area contributed by atoms with Gasteiger partial charge in [0, 0.05) is 6.54 Å². The smallest absolute Gasteiger partial charge is 0.312 e. The Morgan fingerprint density at radius 3 is 2.67 bits per heavy atom. The molecule has 2 aromatic carbocycles. The van der Waals surface area contributed by atoms with Crippen LogP contribution in [-0.4, -0.2) is 6.03 Å². The maximum Gasteiger partial charge on any atom is 0.312 e. The van der Waals surface area contributed by atoms with Crippen molar-refractivity contribution in [3.8, 4) is 0 Å². The van der Waals surface area contributed by atoms with Crippen LogP contribution >= 0.6 is 0 Å². The molecule has 2 rings (SSSR count). The van der Waals surface area contributed by atoms with E-state index < -0.39 is 6.03 Å². The van der Waals surface area contributed by atoms with Gasteiger partial charge in [-0.25, -0.2) is 4.79 Å². The number of carbonyl (C=O) groups is 1. The van der Waals surface area contributed by atoms with Gasteiger partial charge in [-0.2, -0.15) is 0 Å². The summed E-state index contributed by atoms with van der Waals surface area (Å²) in [7, 11) is 0. The fourth-order valence-electron chi connectivity index (χ4n) is 1.63. The van der Waals surface area contributed by atoms with Crippen molar-refractivity contribution < 1.29 is 4.79 Å². The van der Waals surface area contributed by atoms with Gasteiger partial charge >= 0.3 is 6.03 Å². The van der Waals surface area contributed by atoms with Crippen LogP contribution in [0.5, 0.6) is 0 Å². The Balaban J connectivity index is 2.38. The summed E-state index contributed by atoms with van der Waals surface area (Å²) < 4.78 is 0. The van der Waals surface area contributed by atoms with Crippen LogP contribution in [0, 0.1) is 0 Å². The molecule has 15 heavy (non-hydrogen) atoms. The number of nitrogens with one attached hydrogen (secondary N) is 1. The molecular formula is C12H12N2O. The number of rotatable bonds is 2. The monoisotopic (exact) mass is 200 g/mol. The molecule has 2 aromatic rings. The zero-order valence-corrected chi connectivity index (χ0v) is 8.23. The van der Waals surface area contributed by atoms with Crippen LogP contribution in [0.3, 0.4) is 0 Å². The lowest BCUT2D eigenvalue weighted by molar-refractivity contribution is 0.248. The molecule has 3 N–H and O–H groups in total. The molecule has 0 spiro atoms. The predicted octanol–water partition coefficient (Wildman–Crippen LogP) is 2.01. The van der Waals surface area contributed by atoms with Crippen molar-refractivity contribution in [1.82, 2.24) is 5.32 Å². The quantitative estimate of drug-likeness (QED) is 0.765. The Kier molecular flexibility index (Phi) is 2.54. The summed E-state index contributed by atoms with van der Waals surface area (Å²) in [4.78, 5) is 10.6. The first-order valence-corrected chi connectivity index (χ1v) is 4.77. The fourth-order valence-corrected chi connectivity index (χ4v) is 1.63. The molecule has 0 aliphatic rings. The van der Waals surface area contributed by atoms with E-state index in [0.29, 0.717) is 6.54 Å². The Morgan fingerprint density at radius 2 is 1.87 bits per heavy atom. The van der Waals surface area contributed by atoms with Gasteiger partial charge in [-0.3, -0.25) is 0 Å². The summed E-state index contributed by atoms with van der Waals surface area (Å²) in [5.41, 5.74) is 6.11. The van der Waals surface area contributed by atoms with Crippen LogP contribution < -0.4 is 11.1 Å². The van der Waals surface area contributed by atoms with E-state index in [9.17, 15) is 4.79 Å². The van der Waals surface area contributed by atoms with Gasteiger partial charge in [-0.15, -0.1) is 0 Å². The first-order valence-electron chi connectivity index (χ1n) is 4.77. The molecule has 0 aromatic heterocycles. The van der Waals surface area contributed by atoms with E-state index in [1.165, 1.54) is 5.39 Å². The number of benzene rings is 2. The van der Waals surface area contributed by atoms with Gasteiger partial charge in [-0.05, 0) is 16.3 Å². The molecule has 76 valence electrons. The molecular weight excluding hydrogens is 188 g/mol. The summed E-state index contributed by atoms with van der Waals surface area (Å²) in [6.45, 7) is 0.469. The van der Waals surface area contributed by atoms with E-state index in [0.717, 1.165) is 10.9 Å². The molecule has 3 heteroatoms. The van der Waals surface area contributed by atoms with Crippen LogP contribution in [0.2, 0.25) is 0 Å². The van der Waals surface area contributed by atoms with Crippen LogP contribution in [0.4, 0.5) is 4.79 Å². The minimum atomic E-state index is -0.497. The summed E-state index contributed by atoms with van der Waals surface area (Å²) in [6, 6.07) is 13.6. The first-order chi connectivity index (χ1) is 7.27. The minimum absolute atomic E-state index is 0.469. The number of nitrogens with two attached hydrogens (primary N) is 1. The Morgan fingerprint density at radius 1 is 1.13 bits per heavy atom. The van der Waals surface area contributed by atoms with Crippen LogP contribution in [0.25, 0.3) is 10.8 Å². The van der Waals surface area contributed by atoms with Crippen molar-refractivity contribution in [3.05, 3.63) is 48.0 Å². The van der Waals surface area contributed by atoms with Crippen LogP contribution in [0.1, 0.15) is 5.56 Å². The number of urea groups is 1. The van der Waals surface area contributed by atoms with Crippen molar-refractivity contribution in [2.45, 2.75) is 6.54 Å². The highest BCUT2D eigenvalue weighted by Gasteiger charge is 2.00. The molecule has 0 saturated carbocycles. The van der Waals surface area contributed by atoms with E-state index in [4.69, 9.17) is 5.73 Å². The molecule has 0 aliphatic carbocycles. The second kappa shape index (κ2) is 4.00. The fraction of sp³-hybridized carbons (Fsp3) is 0.0833. The van der Waals surface area contributed by atoms with Crippen LogP contribution in [-0.2, 0) is 6.54 Å². The second-order valence-corrected chi connectivity index (χ2v) is 3.36. The van der Waals surface area contributed by atoms with E-state index in [-0.39, 0.29) is 0 Å². The number of hydrogen-bond acceptors (Lipinski definition) is 1. The molecule has 0 bridgehead atoms. The average molecular weight is 200 g/mol. The van der Waals surface area contributed by atoms with E-state index in [1.54, 1.807) is 0 Å². The summed E-state index contributed by atoms with van der Waals surface area (Å²) in [5, 5.41) is 4.91. The summed E-state index contributed by atoms with van der Waals surface area (Å²) >= 11 is 0. The topological polar surface area (TPSA) is 55.1 Å². The molecule has 0 unspecified atom stereocenters. The van der Waals surface area contributed by atoms with E-state index in [2.05, 4.69) is 5.32 Å². The number of amides is 2. The maximum atomic E-state index is 10.6. The van der Waals surface area contributed by atoms with Gasteiger partial charge in [0.1, 0.15) is 0 Å². The third-order valence-corrected chi connectivity index (χ3v) is 2.33. The third-order valence-electron chi connectivity index (χ3n) is 2.33. The molecule has 0 radical (unpaired) electrons. The Labute approximate surface area is 87.9 Å². The number of primary amides is 1. The van der Waals surface area contributed by atoms with E-state index in [1.807, 2.05) is 42.5 Å².